The van der Waals surface area contributed by atoms with E-state index >= 15 is 0 Å². The third-order valence-electron chi connectivity index (χ3n) is 3.73. The predicted molar refractivity (Wildman–Crippen MR) is 104 cm³/mol. The first-order chi connectivity index (χ1) is 12.5. The number of benzene rings is 2. The van der Waals surface area contributed by atoms with Gasteiger partial charge in [-0.05, 0) is 16.8 Å². The molecule has 0 radical (unpaired) electrons. The normalized spacial score (nSPS) is 16.6. The van der Waals surface area contributed by atoms with E-state index in [0.717, 1.165) is 44.9 Å². The van der Waals surface area contributed by atoms with Crippen molar-refractivity contribution in [3.8, 4) is 0 Å². The molecule has 1 aliphatic rings. The molecule has 1 unspecified atom stereocenters. The Morgan fingerprint density at radius 3 is 2.62 bits per heavy atom. The average molecular weight is 388 g/mol. The van der Waals surface area contributed by atoms with Crippen LogP contribution in [0, 0.1) is 0 Å². The molecule has 0 aromatic heterocycles. The monoisotopic (exact) mass is 388 g/mol. The number of thioether (sulfide) groups is 2. The molecule has 1 amide bonds. The second kappa shape index (κ2) is 7.92. The van der Waals surface area contributed by atoms with Crippen LogP contribution in [-0.2, 0) is 14.4 Å². The van der Waals surface area contributed by atoms with Gasteiger partial charge in [-0.25, -0.2) is 9.80 Å². The Labute approximate surface area is 158 Å². The Bertz CT molecular complexity index is 913. The second-order valence-corrected chi connectivity index (χ2v) is 7.94. The summed E-state index contributed by atoms with van der Waals surface area (Å²) in [7, 11) is 0. The lowest BCUT2D eigenvalue weighted by atomic mass is 10.1. The summed E-state index contributed by atoms with van der Waals surface area (Å²) in [5.41, 5.74) is 0.772. The first kappa shape index (κ1) is 18.5. The average Bonchev–Trinajstić information content (AvgIpc) is 3.06. The first-order valence-electron chi connectivity index (χ1n) is 7.88. The Morgan fingerprint density at radius 1 is 1.19 bits per heavy atom. The molecule has 1 atom stereocenters. The molecule has 0 fully saturated rings. The van der Waals surface area contributed by atoms with Gasteiger partial charge in [0.15, 0.2) is 5.12 Å². The van der Waals surface area contributed by atoms with Crippen LogP contribution < -0.4 is 0 Å². The van der Waals surface area contributed by atoms with Crippen molar-refractivity contribution in [2.75, 3.05) is 5.75 Å². The maximum absolute atomic E-state index is 12.3. The minimum atomic E-state index is -1.12. The van der Waals surface area contributed by atoms with Crippen LogP contribution in [-0.4, -0.2) is 43.3 Å². The standard InChI is InChI=1S/C18H16N2O4S2/c1-11(21)25-9-8-15(22)20-17(18(23)24)26-16(19-20)14-7-6-12-4-2-3-5-13(12)10-14/h2-7,10,17H,8-9H2,1H3,(H,23,24). The number of carboxylic acid groups (broad SMARTS) is 1. The van der Waals surface area contributed by atoms with Crippen molar-refractivity contribution in [1.29, 1.82) is 0 Å². The summed E-state index contributed by atoms with van der Waals surface area (Å²) in [6.45, 7) is 1.43. The van der Waals surface area contributed by atoms with Crippen molar-refractivity contribution < 1.29 is 19.5 Å². The van der Waals surface area contributed by atoms with E-state index in [0.29, 0.717) is 10.8 Å². The van der Waals surface area contributed by atoms with Crippen molar-refractivity contribution in [2.24, 2.45) is 5.10 Å². The molecule has 2 aromatic rings. The van der Waals surface area contributed by atoms with Crippen molar-refractivity contribution in [3.63, 3.8) is 0 Å². The van der Waals surface area contributed by atoms with Crippen LogP contribution in [0.25, 0.3) is 10.8 Å². The molecule has 0 saturated carbocycles. The molecule has 134 valence electrons. The van der Waals surface area contributed by atoms with Gasteiger partial charge in [0.1, 0.15) is 5.04 Å². The second-order valence-electron chi connectivity index (χ2n) is 5.60. The zero-order valence-electron chi connectivity index (χ0n) is 13.9. The number of hydrazone groups is 1. The molecule has 2 aromatic carbocycles. The van der Waals surface area contributed by atoms with Crippen LogP contribution in [0.1, 0.15) is 18.9 Å². The quantitative estimate of drug-likeness (QED) is 0.847. The van der Waals surface area contributed by atoms with E-state index in [4.69, 9.17) is 0 Å². The molecule has 0 bridgehead atoms. The van der Waals surface area contributed by atoms with Crippen molar-refractivity contribution in [1.82, 2.24) is 5.01 Å². The van der Waals surface area contributed by atoms with E-state index < -0.39 is 17.3 Å². The third kappa shape index (κ3) is 4.08. The third-order valence-corrected chi connectivity index (χ3v) is 5.71. The Kier molecular flexibility index (Phi) is 5.63. The number of rotatable bonds is 5. The van der Waals surface area contributed by atoms with E-state index in [1.165, 1.54) is 6.92 Å². The molecular formula is C18H16N2O4S2. The van der Waals surface area contributed by atoms with E-state index in [1.807, 2.05) is 42.5 Å². The lowest BCUT2D eigenvalue weighted by molar-refractivity contribution is -0.145. The molecule has 6 nitrogen and oxygen atoms in total. The summed E-state index contributed by atoms with van der Waals surface area (Å²) in [4.78, 5) is 34.9. The Hall–Kier alpha value is -2.32. The number of carbonyl (C=O) groups excluding carboxylic acids is 2. The maximum Gasteiger partial charge on any atom is 0.339 e. The van der Waals surface area contributed by atoms with E-state index in [9.17, 15) is 19.5 Å². The van der Waals surface area contributed by atoms with Crippen LogP contribution in [0.2, 0.25) is 0 Å². The summed E-state index contributed by atoms with van der Waals surface area (Å²) < 4.78 is 0. The highest BCUT2D eigenvalue weighted by Crippen LogP contribution is 2.31. The van der Waals surface area contributed by atoms with Gasteiger partial charge in [0.25, 0.3) is 0 Å². The molecule has 1 aliphatic heterocycles. The van der Waals surface area contributed by atoms with Gasteiger partial charge >= 0.3 is 5.97 Å². The minimum Gasteiger partial charge on any atom is -0.479 e. The van der Waals surface area contributed by atoms with Gasteiger partial charge in [-0.3, -0.25) is 9.59 Å². The number of hydrogen-bond acceptors (Lipinski definition) is 6. The fourth-order valence-electron chi connectivity index (χ4n) is 2.52. The lowest BCUT2D eigenvalue weighted by Gasteiger charge is -2.16. The van der Waals surface area contributed by atoms with E-state index in [-0.39, 0.29) is 11.5 Å². The lowest BCUT2D eigenvalue weighted by Crippen LogP contribution is -2.36. The van der Waals surface area contributed by atoms with Crippen LogP contribution in [0.5, 0.6) is 0 Å². The smallest absolute Gasteiger partial charge is 0.339 e. The molecule has 0 saturated heterocycles. The largest absolute Gasteiger partial charge is 0.479 e. The highest BCUT2D eigenvalue weighted by Gasteiger charge is 2.37. The highest BCUT2D eigenvalue weighted by atomic mass is 32.2. The van der Waals surface area contributed by atoms with E-state index in [1.54, 1.807) is 0 Å². The number of hydrogen-bond donors (Lipinski definition) is 1. The summed E-state index contributed by atoms with van der Waals surface area (Å²) in [6.07, 6.45) is 0.0586. The summed E-state index contributed by atoms with van der Waals surface area (Å²) in [5, 5.41) is 16.1. The number of amides is 1. The molecule has 26 heavy (non-hydrogen) atoms. The zero-order chi connectivity index (χ0) is 18.7. The van der Waals surface area contributed by atoms with Gasteiger partial charge in [0.05, 0.1) is 0 Å². The predicted octanol–water partition coefficient (Wildman–Crippen LogP) is 3.16. The number of carbonyl (C=O) groups is 3. The minimum absolute atomic E-state index is 0.0586. The fraction of sp³-hybridized carbons (Fsp3) is 0.222. The SMILES string of the molecule is CC(=O)SCCC(=O)N1N=C(c2ccc3ccccc3c2)SC1C(=O)O. The van der Waals surface area contributed by atoms with Crippen molar-refractivity contribution in [2.45, 2.75) is 18.7 Å². The van der Waals surface area contributed by atoms with Gasteiger partial charge in [-0.2, -0.15) is 5.10 Å². The van der Waals surface area contributed by atoms with Gasteiger partial charge < -0.3 is 5.11 Å². The van der Waals surface area contributed by atoms with E-state index in [2.05, 4.69) is 5.10 Å². The molecule has 3 rings (SSSR count). The number of aliphatic carboxylic acids is 1. The number of carboxylic acids is 1. The molecule has 0 aliphatic carbocycles. The Balaban J connectivity index is 1.83. The topological polar surface area (TPSA) is 87.0 Å². The molecule has 8 heteroatoms. The summed E-state index contributed by atoms with van der Waals surface area (Å²) in [6, 6.07) is 13.6. The van der Waals surface area contributed by atoms with Gasteiger partial charge in [-0.1, -0.05) is 59.9 Å². The highest BCUT2D eigenvalue weighted by molar-refractivity contribution is 8.15. The van der Waals surface area contributed by atoms with Gasteiger partial charge in [-0.15, -0.1) is 0 Å². The molecule has 1 heterocycles. The maximum atomic E-state index is 12.3. The molecular weight excluding hydrogens is 372 g/mol. The first-order valence-corrected chi connectivity index (χ1v) is 9.75. The van der Waals surface area contributed by atoms with Gasteiger partial charge in [0.2, 0.25) is 11.3 Å². The van der Waals surface area contributed by atoms with Crippen LogP contribution in [0.4, 0.5) is 0 Å². The van der Waals surface area contributed by atoms with Crippen molar-refractivity contribution >= 4 is 56.3 Å². The number of fused-ring (bicyclic) bond motifs is 1. The summed E-state index contributed by atoms with van der Waals surface area (Å²) >= 11 is 2.08. The molecule has 1 N–H and O–H groups in total. The Morgan fingerprint density at radius 2 is 1.92 bits per heavy atom. The number of nitrogens with zero attached hydrogens (tertiary/aromatic N) is 2. The van der Waals surface area contributed by atoms with Crippen LogP contribution in [0.15, 0.2) is 47.6 Å². The fourth-order valence-corrected chi connectivity index (χ4v) is 4.05. The van der Waals surface area contributed by atoms with Crippen molar-refractivity contribution in [3.05, 3.63) is 48.0 Å². The zero-order valence-corrected chi connectivity index (χ0v) is 15.5. The summed E-state index contributed by atoms with van der Waals surface area (Å²) in [5.74, 6) is -1.22. The van der Waals surface area contributed by atoms with Crippen LogP contribution >= 0.6 is 23.5 Å². The molecule has 0 spiro atoms. The van der Waals surface area contributed by atoms with Crippen LogP contribution in [0.3, 0.4) is 0 Å². The van der Waals surface area contributed by atoms with Gasteiger partial charge in [0, 0.05) is 24.7 Å².